The molecule has 1 rings (SSSR count). The van der Waals surface area contributed by atoms with E-state index in [1.165, 1.54) is 0 Å². The number of nitrogens with zero attached hydrogens (tertiary/aromatic N) is 1. The molecule has 2 nitrogen and oxygen atoms in total. The van der Waals surface area contributed by atoms with Crippen LogP contribution in [0.5, 0.6) is 0 Å². The molecule has 1 aliphatic rings. The number of rotatable bonds is 0. The lowest BCUT2D eigenvalue weighted by Gasteiger charge is -2.42. The van der Waals surface area contributed by atoms with Gasteiger partial charge < -0.3 is 10.0 Å². The van der Waals surface area contributed by atoms with Gasteiger partial charge in [-0.1, -0.05) is 5.92 Å². The monoisotopic (exact) mass is 167 g/mol. The molecule has 0 aromatic rings. The Bertz CT molecular complexity index is 194. The normalized spacial score (nSPS) is 43.9. The van der Waals surface area contributed by atoms with E-state index in [0.29, 0.717) is 24.9 Å². The zero-order valence-electron chi connectivity index (χ0n) is 8.04. The van der Waals surface area contributed by atoms with Gasteiger partial charge in [0.2, 0.25) is 0 Å². The minimum absolute atomic E-state index is 0.370. The van der Waals surface area contributed by atoms with E-state index < -0.39 is 5.60 Å². The summed E-state index contributed by atoms with van der Waals surface area (Å²) in [6.45, 7) is 4.19. The van der Waals surface area contributed by atoms with Gasteiger partial charge in [-0.05, 0) is 20.9 Å². The maximum atomic E-state index is 9.88. The summed E-state index contributed by atoms with van der Waals surface area (Å²) in [6.07, 6.45) is 6.66. The van der Waals surface area contributed by atoms with Gasteiger partial charge in [0.25, 0.3) is 0 Å². The Morgan fingerprint density at radius 1 is 1.42 bits per heavy atom. The molecular formula is C10H17NO. The smallest absolute Gasteiger partial charge is 0.128 e. The second-order valence-corrected chi connectivity index (χ2v) is 3.95. The molecule has 1 fully saturated rings. The van der Waals surface area contributed by atoms with Crippen LogP contribution in [0.15, 0.2) is 0 Å². The van der Waals surface area contributed by atoms with Crippen LogP contribution in [-0.2, 0) is 0 Å². The minimum Gasteiger partial charge on any atom is -0.377 e. The Balaban J connectivity index is 2.73. The molecule has 2 atom stereocenters. The Hall–Kier alpha value is -0.520. The van der Waals surface area contributed by atoms with Gasteiger partial charge in [0.15, 0.2) is 0 Å². The third-order valence-electron chi connectivity index (χ3n) is 2.93. The van der Waals surface area contributed by atoms with Crippen molar-refractivity contribution in [2.24, 2.45) is 0 Å². The molecule has 0 unspecified atom stereocenters. The summed E-state index contributed by atoms with van der Waals surface area (Å²) in [5.74, 6) is 2.49. The highest BCUT2D eigenvalue weighted by Crippen LogP contribution is 2.29. The van der Waals surface area contributed by atoms with Crippen molar-refractivity contribution >= 4 is 0 Å². The van der Waals surface area contributed by atoms with Crippen LogP contribution in [0, 0.1) is 12.3 Å². The fourth-order valence-electron chi connectivity index (χ4n) is 1.90. The van der Waals surface area contributed by atoms with Gasteiger partial charge in [-0.25, -0.2) is 0 Å². The van der Waals surface area contributed by atoms with Gasteiger partial charge in [-0.15, -0.1) is 6.42 Å². The predicted octanol–water partition coefficient (Wildman–Crippen LogP) is 0.853. The highest BCUT2D eigenvalue weighted by molar-refractivity contribution is 5.11. The maximum Gasteiger partial charge on any atom is 0.128 e. The SMILES string of the molecule is C#CC1(O)C[C@@H](C)N(C)[C@H](C)C1. The highest BCUT2D eigenvalue weighted by Gasteiger charge is 2.37. The lowest BCUT2D eigenvalue weighted by Crippen LogP contribution is -2.51. The molecule has 0 aromatic heterocycles. The van der Waals surface area contributed by atoms with Gasteiger partial charge in [0.1, 0.15) is 5.60 Å². The Morgan fingerprint density at radius 3 is 2.17 bits per heavy atom. The molecule has 0 aromatic carbocycles. The number of aliphatic hydroxyl groups is 1. The first kappa shape index (κ1) is 9.57. The van der Waals surface area contributed by atoms with E-state index in [1.54, 1.807) is 0 Å². The van der Waals surface area contributed by atoms with E-state index in [1.807, 2.05) is 0 Å². The van der Waals surface area contributed by atoms with E-state index in [4.69, 9.17) is 6.42 Å². The Kier molecular flexibility index (Phi) is 2.46. The van der Waals surface area contributed by atoms with Gasteiger partial charge in [0, 0.05) is 24.9 Å². The maximum absolute atomic E-state index is 9.88. The molecule has 2 heteroatoms. The largest absolute Gasteiger partial charge is 0.377 e. The van der Waals surface area contributed by atoms with E-state index in [2.05, 4.69) is 31.7 Å². The third-order valence-corrected chi connectivity index (χ3v) is 2.93. The van der Waals surface area contributed by atoms with Crippen molar-refractivity contribution in [3.05, 3.63) is 0 Å². The fourth-order valence-corrected chi connectivity index (χ4v) is 1.90. The second kappa shape index (κ2) is 3.08. The summed E-state index contributed by atoms with van der Waals surface area (Å²) in [5.41, 5.74) is -0.870. The molecule has 0 spiro atoms. The number of piperidine rings is 1. The zero-order chi connectivity index (χ0) is 9.35. The van der Waals surface area contributed by atoms with Crippen molar-refractivity contribution in [3.8, 4) is 12.3 Å². The molecule has 0 bridgehead atoms. The summed E-state index contributed by atoms with van der Waals surface area (Å²) >= 11 is 0. The van der Waals surface area contributed by atoms with Crippen molar-refractivity contribution in [1.82, 2.24) is 4.90 Å². The van der Waals surface area contributed by atoms with Crippen LogP contribution < -0.4 is 0 Å². The lowest BCUT2D eigenvalue weighted by atomic mass is 9.84. The minimum atomic E-state index is -0.870. The average molecular weight is 167 g/mol. The van der Waals surface area contributed by atoms with Crippen LogP contribution in [0.1, 0.15) is 26.7 Å². The Morgan fingerprint density at radius 2 is 1.83 bits per heavy atom. The van der Waals surface area contributed by atoms with Crippen LogP contribution in [0.3, 0.4) is 0 Å². The summed E-state index contributed by atoms with van der Waals surface area (Å²) in [4.78, 5) is 2.26. The quantitative estimate of drug-likeness (QED) is 0.541. The van der Waals surface area contributed by atoms with Crippen LogP contribution in [0.2, 0.25) is 0 Å². The Labute approximate surface area is 74.6 Å². The van der Waals surface area contributed by atoms with Crippen molar-refractivity contribution in [2.45, 2.75) is 44.4 Å². The molecular weight excluding hydrogens is 150 g/mol. The van der Waals surface area contributed by atoms with Crippen LogP contribution in [0.4, 0.5) is 0 Å². The number of hydrogen-bond acceptors (Lipinski definition) is 2. The first-order chi connectivity index (χ1) is 5.48. The number of hydrogen-bond donors (Lipinski definition) is 1. The van der Waals surface area contributed by atoms with Crippen molar-refractivity contribution < 1.29 is 5.11 Å². The van der Waals surface area contributed by atoms with Crippen molar-refractivity contribution in [1.29, 1.82) is 0 Å². The van der Waals surface area contributed by atoms with Crippen LogP contribution in [0.25, 0.3) is 0 Å². The average Bonchev–Trinajstić information content (AvgIpc) is 2.00. The second-order valence-electron chi connectivity index (χ2n) is 3.95. The highest BCUT2D eigenvalue weighted by atomic mass is 16.3. The van der Waals surface area contributed by atoms with Gasteiger partial charge in [-0.2, -0.15) is 0 Å². The number of likely N-dealkylation sites (tertiary alicyclic amines) is 1. The molecule has 0 radical (unpaired) electrons. The van der Waals surface area contributed by atoms with Crippen molar-refractivity contribution in [2.75, 3.05) is 7.05 Å². The van der Waals surface area contributed by atoms with E-state index in [0.717, 1.165) is 0 Å². The molecule has 0 aliphatic carbocycles. The van der Waals surface area contributed by atoms with Gasteiger partial charge >= 0.3 is 0 Å². The number of terminal acetylenes is 1. The molecule has 1 N–H and O–H groups in total. The van der Waals surface area contributed by atoms with Crippen LogP contribution in [-0.4, -0.2) is 34.7 Å². The molecule has 68 valence electrons. The summed E-state index contributed by atoms with van der Waals surface area (Å²) in [6, 6.07) is 0.740. The molecule has 1 aliphatic heterocycles. The molecule has 0 saturated carbocycles. The lowest BCUT2D eigenvalue weighted by molar-refractivity contribution is -0.0170. The summed E-state index contributed by atoms with van der Waals surface area (Å²) < 4.78 is 0. The topological polar surface area (TPSA) is 23.5 Å². The molecule has 1 heterocycles. The third kappa shape index (κ3) is 1.63. The summed E-state index contributed by atoms with van der Waals surface area (Å²) in [7, 11) is 2.07. The van der Waals surface area contributed by atoms with Crippen LogP contribution >= 0.6 is 0 Å². The zero-order valence-corrected chi connectivity index (χ0v) is 8.04. The van der Waals surface area contributed by atoms with Gasteiger partial charge in [-0.3, -0.25) is 0 Å². The van der Waals surface area contributed by atoms with E-state index >= 15 is 0 Å². The van der Waals surface area contributed by atoms with E-state index in [9.17, 15) is 5.11 Å². The van der Waals surface area contributed by atoms with Gasteiger partial charge in [0.05, 0.1) is 0 Å². The molecule has 12 heavy (non-hydrogen) atoms. The fraction of sp³-hybridized carbons (Fsp3) is 0.800. The summed E-state index contributed by atoms with van der Waals surface area (Å²) in [5, 5.41) is 9.88. The van der Waals surface area contributed by atoms with E-state index in [-0.39, 0.29) is 0 Å². The first-order valence-electron chi connectivity index (χ1n) is 4.40. The predicted molar refractivity (Wildman–Crippen MR) is 49.7 cm³/mol. The molecule has 1 saturated heterocycles. The first-order valence-corrected chi connectivity index (χ1v) is 4.40. The van der Waals surface area contributed by atoms with Crippen molar-refractivity contribution in [3.63, 3.8) is 0 Å². The standard InChI is InChI=1S/C10H17NO/c1-5-10(12)6-8(2)11(4)9(3)7-10/h1,8-9,12H,6-7H2,2-4H3/t8-,9-/m1/s1. The molecule has 0 amide bonds.